The Bertz CT molecular complexity index is 1460. The number of fused-ring (bicyclic) bond motifs is 1. The molecule has 32 heavy (non-hydrogen) atoms. The minimum Gasteiger partial charge on any atom is -0.382 e. The Labute approximate surface area is 190 Å². The molecule has 0 aliphatic rings. The molecule has 0 aliphatic heterocycles. The van der Waals surface area contributed by atoms with Gasteiger partial charge < -0.3 is 16.2 Å². The summed E-state index contributed by atoms with van der Waals surface area (Å²) in [4.78, 5) is 20.7. The fraction of sp³-hybridized carbons (Fsp3) is 0.136. The predicted octanol–water partition coefficient (Wildman–Crippen LogP) is 4.20. The first-order valence-electron chi connectivity index (χ1n) is 10.8. The van der Waals surface area contributed by atoms with Gasteiger partial charge in [-0.2, -0.15) is 0 Å². The van der Waals surface area contributed by atoms with Crippen LogP contribution in [0.3, 0.4) is 0 Å². The monoisotopic (exact) mass is 460 g/mol. The number of anilines is 2. The van der Waals surface area contributed by atoms with Crippen molar-refractivity contribution in [3.8, 4) is 11.3 Å². The van der Waals surface area contributed by atoms with Gasteiger partial charge in [-0.25, -0.2) is 18.7 Å². The molecule has 7 nitrogen and oxygen atoms in total. The number of halogens is 3. The van der Waals surface area contributed by atoms with Gasteiger partial charge in [0.05, 0.1) is 6.20 Å². The Morgan fingerprint density at radius 1 is 1.28 bits per heavy atom. The van der Waals surface area contributed by atoms with Crippen LogP contribution in [0.15, 0.2) is 42.6 Å². The number of nitrogen functional groups attached to an aromatic ring is 1. The van der Waals surface area contributed by atoms with E-state index in [0.29, 0.717) is 17.2 Å². The normalized spacial score (nSPS) is 14.0. The summed E-state index contributed by atoms with van der Waals surface area (Å²) in [7, 11) is 0. The molecule has 164 valence electrons. The van der Waals surface area contributed by atoms with Gasteiger partial charge >= 0.3 is 0 Å². The van der Waals surface area contributed by atoms with Crippen LogP contribution in [0.5, 0.6) is 0 Å². The molecule has 4 N–H and O–H groups in total. The van der Waals surface area contributed by atoms with Crippen LogP contribution in [0.2, 0.25) is 5.15 Å². The highest BCUT2D eigenvalue weighted by Crippen LogP contribution is 2.33. The number of imidazole rings is 1. The van der Waals surface area contributed by atoms with Crippen LogP contribution in [-0.4, -0.2) is 25.4 Å². The lowest BCUT2D eigenvalue weighted by Crippen LogP contribution is -2.21. The Balaban J connectivity index is 1.70. The molecule has 4 rings (SSSR count). The number of amides is 1. The highest BCUT2D eigenvalue weighted by atomic mass is 35.5. The lowest BCUT2D eigenvalue weighted by atomic mass is 10.0. The SMILES string of the molecule is [2H]C([2H])([2H])c1nc(-c2ccc(NC(=O)[C@@H](O)c3cc(F)cc(F)c3)cc2C)c2c(N)ncc(Cl)n12. The number of hydrogen-bond donors (Lipinski definition) is 3. The first-order valence-corrected chi connectivity index (χ1v) is 9.63. The Morgan fingerprint density at radius 3 is 2.66 bits per heavy atom. The van der Waals surface area contributed by atoms with Crippen molar-refractivity contribution < 1.29 is 22.8 Å². The largest absolute Gasteiger partial charge is 0.382 e. The lowest BCUT2D eigenvalue weighted by molar-refractivity contribution is -0.124. The minimum absolute atomic E-state index is 0.0170. The second-order valence-electron chi connectivity index (χ2n) is 7.06. The number of nitrogens with one attached hydrogen (secondary N) is 1. The van der Waals surface area contributed by atoms with E-state index < -0.39 is 30.5 Å². The smallest absolute Gasteiger partial charge is 0.257 e. The van der Waals surface area contributed by atoms with Gasteiger partial charge in [0.2, 0.25) is 0 Å². The quantitative estimate of drug-likeness (QED) is 0.423. The van der Waals surface area contributed by atoms with Crippen LogP contribution in [0.25, 0.3) is 16.8 Å². The molecule has 4 aromatic rings. The maximum Gasteiger partial charge on any atom is 0.257 e. The molecule has 0 unspecified atom stereocenters. The molecule has 2 aromatic heterocycles. The third-order valence-electron chi connectivity index (χ3n) is 4.84. The minimum atomic E-state index is -2.59. The van der Waals surface area contributed by atoms with E-state index in [0.717, 1.165) is 12.1 Å². The number of hydrogen-bond acceptors (Lipinski definition) is 5. The molecule has 0 radical (unpaired) electrons. The van der Waals surface area contributed by atoms with Crippen molar-refractivity contribution in [1.29, 1.82) is 0 Å². The molecule has 0 bridgehead atoms. The predicted molar refractivity (Wildman–Crippen MR) is 117 cm³/mol. The highest BCUT2D eigenvalue weighted by molar-refractivity contribution is 6.29. The lowest BCUT2D eigenvalue weighted by Gasteiger charge is -2.13. The number of aromatic nitrogens is 3. The number of rotatable bonds is 4. The Hall–Kier alpha value is -3.56. The van der Waals surface area contributed by atoms with Crippen molar-refractivity contribution in [2.24, 2.45) is 0 Å². The van der Waals surface area contributed by atoms with Crippen LogP contribution in [0, 0.1) is 25.4 Å². The number of carbonyl (C=O) groups excluding carboxylic acids is 1. The van der Waals surface area contributed by atoms with E-state index in [2.05, 4.69) is 15.3 Å². The summed E-state index contributed by atoms with van der Waals surface area (Å²) in [5.74, 6) is -3.02. The molecule has 1 atom stereocenters. The molecule has 10 heteroatoms. The molecule has 2 heterocycles. The number of carbonyl (C=O) groups is 1. The molecule has 0 saturated carbocycles. The van der Waals surface area contributed by atoms with Crippen LogP contribution >= 0.6 is 11.6 Å². The van der Waals surface area contributed by atoms with E-state index >= 15 is 0 Å². The summed E-state index contributed by atoms with van der Waals surface area (Å²) < 4.78 is 51.5. The summed E-state index contributed by atoms with van der Waals surface area (Å²) >= 11 is 6.20. The number of aliphatic hydroxyl groups excluding tert-OH is 1. The van der Waals surface area contributed by atoms with Crippen LogP contribution < -0.4 is 11.1 Å². The molecule has 0 aliphatic carbocycles. The average molecular weight is 461 g/mol. The third-order valence-corrected chi connectivity index (χ3v) is 5.11. The molecular formula is C22H18ClF2N5O2. The van der Waals surface area contributed by atoms with Crippen molar-refractivity contribution in [1.82, 2.24) is 14.4 Å². The summed E-state index contributed by atoms with van der Waals surface area (Å²) in [6.07, 6.45) is -0.585. The van der Waals surface area contributed by atoms with Gasteiger partial charge in [0.25, 0.3) is 5.91 Å². The van der Waals surface area contributed by atoms with E-state index in [4.69, 9.17) is 21.4 Å². The molecular weight excluding hydrogens is 440 g/mol. The number of aliphatic hydroxyl groups is 1. The zero-order chi connectivity index (χ0) is 25.7. The molecule has 0 spiro atoms. The molecule has 1 amide bonds. The maximum absolute atomic E-state index is 13.4. The number of nitrogens with two attached hydrogens (primary N) is 1. The van der Waals surface area contributed by atoms with E-state index in [-0.39, 0.29) is 39.3 Å². The Kier molecular flexibility index (Phi) is 4.61. The average Bonchev–Trinajstić information content (AvgIpc) is 3.17. The van der Waals surface area contributed by atoms with Crippen LogP contribution in [0.4, 0.5) is 20.3 Å². The molecule has 2 aromatic carbocycles. The fourth-order valence-corrected chi connectivity index (χ4v) is 3.61. The molecule has 0 fully saturated rings. The number of nitrogens with zero attached hydrogens (tertiary/aromatic N) is 3. The van der Waals surface area contributed by atoms with Crippen LogP contribution in [-0.2, 0) is 4.79 Å². The first-order chi connectivity index (χ1) is 16.4. The van der Waals surface area contributed by atoms with Crippen molar-refractivity contribution in [2.75, 3.05) is 11.1 Å². The maximum atomic E-state index is 13.4. The summed E-state index contributed by atoms with van der Waals surface area (Å²) in [6, 6.07) is 6.97. The summed E-state index contributed by atoms with van der Waals surface area (Å²) in [6.45, 7) is -0.898. The first kappa shape index (κ1) is 18.1. The second kappa shape index (κ2) is 8.18. The van der Waals surface area contributed by atoms with Crippen molar-refractivity contribution in [2.45, 2.75) is 19.9 Å². The number of benzene rings is 2. The summed E-state index contributed by atoms with van der Waals surface area (Å²) in [5.41, 5.74) is 7.58. The Morgan fingerprint density at radius 2 is 2.00 bits per heavy atom. The van der Waals surface area contributed by atoms with Crippen molar-refractivity contribution in [3.63, 3.8) is 0 Å². The van der Waals surface area contributed by atoms with E-state index in [1.165, 1.54) is 16.7 Å². The van der Waals surface area contributed by atoms with Gasteiger partial charge in [-0.05, 0) is 49.2 Å². The van der Waals surface area contributed by atoms with Gasteiger partial charge in [0, 0.05) is 21.4 Å². The zero-order valence-corrected chi connectivity index (χ0v) is 17.3. The number of aryl methyl sites for hydroxylation is 2. The van der Waals surface area contributed by atoms with Crippen LogP contribution in [0.1, 0.15) is 27.2 Å². The standard InChI is InChI=1S/C22H18ClF2N5O2/c1-10-5-15(29-22(32)20(31)12-6-13(24)8-14(25)7-12)3-4-16(10)18-19-21(26)27-9-17(23)30(19)11(2)28-18/h3-9,20,31H,1-2H3,(H2,26,27)(H,29,32)/t20-/m0/s1/i2D3. The second-order valence-corrected chi connectivity index (χ2v) is 7.45. The van der Waals surface area contributed by atoms with E-state index in [1.54, 1.807) is 19.1 Å². The highest BCUT2D eigenvalue weighted by Gasteiger charge is 2.21. The topological polar surface area (TPSA) is 106 Å². The molecule has 0 saturated heterocycles. The zero-order valence-electron chi connectivity index (χ0n) is 19.5. The fourth-order valence-electron chi connectivity index (χ4n) is 3.40. The van der Waals surface area contributed by atoms with Gasteiger partial charge in [0.1, 0.15) is 39.6 Å². The van der Waals surface area contributed by atoms with Gasteiger partial charge in [-0.3, -0.25) is 9.20 Å². The van der Waals surface area contributed by atoms with Crippen molar-refractivity contribution >= 4 is 34.5 Å². The van der Waals surface area contributed by atoms with E-state index in [1.807, 2.05) is 0 Å². The van der Waals surface area contributed by atoms with E-state index in [9.17, 15) is 18.7 Å². The van der Waals surface area contributed by atoms with Crippen molar-refractivity contribution in [3.05, 3.63) is 76.3 Å². The third kappa shape index (κ3) is 3.88. The summed E-state index contributed by atoms with van der Waals surface area (Å²) in [5, 5.41) is 12.7. The van der Waals surface area contributed by atoms with Gasteiger partial charge in [-0.1, -0.05) is 17.7 Å². The van der Waals surface area contributed by atoms with Gasteiger partial charge in [0.15, 0.2) is 6.10 Å². The van der Waals surface area contributed by atoms with Gasteiger partial charge in [-0.15, -0.1) is 0 Å².